The lowest BCUT2D eigenvalue weighted by Gasteiger charge is -2.13. The molecule has 0 saturated carbocycles. The number of methoxy groups -OCH3 is 1. The molecule has 0 fully saturated rings. The summed E-state index contributed by atoms with van der Waals surface area (Å²) in [6.07, 6.45) is 1.64. The van der Waals surface area contributed by atoms with E-state index in [1.807, 2.05) is 0 Å². The summed E-state index contributed by atoms with van der Waals surface area (Å²) in [5, 5.41) is 5.61. The van der Waals surface area contributed by atoms with E-state index in [4.69, 9.17) is 9.47 Å². The first-order valence-corrected chi connectivity index (χ1v) is 7.62. The van der Waals surface area contributed by atoms with Crippen molar-refractivity contribution in [2.45, 2.75) is 31.3 Å². The van der Waals surface area contributed by atoms with Crippen molar-refractivity contribution < 1.29 is 22.7 Å². The minimum atomic E-state index is -3.87. The molecular weight excluding hydrogens is 286 g/mol. The summed E-state index contributed by atoms with van der Waals surface area (Å²) in [7, 11) is -2.33. The van der Waals surface area contributed by atoms with Gasteiger partial charge in [0.25, 0.3) is 10.0 Å². The van der Waals surface area contributed by atoms with Crippen molar-refractivity contribution in [2.75, 3.05) is 20.3 Å². The van der Waals surface area contributed by atoms with Crippen LogP contribution in [0.25, 0.3) is 0 Å². The molecule has 0 amide bonds. The van der Waals surface area contributed by atoms with Crippen molar-refractivity contribution in [3.63, 3.8) is 0 Å². The van der Waals surface area contributed by atoms with Gasteiger partial charge in [-0.3, -0.25) is 5.10 Å². The number of carbonyl (C=O) groups is 1. The minimum Gasteiger partial charge on any atom is -0.462 e. The first kappa shape index (κ1) is 16.6. The molecule has 0 saturated heterocycles. The van der Waals surface area contributed by atoms with Gasteiger partial charge in [-0.1, -0.05) is 0 Å². The third kappa shape index (κ3) is 4.29. The first-order chi connectivity index (χ1) is 9.42. The molecule has 0 radical (unpaired) electrons. The van der Waals surface area contributed by atoms with Crippen LogP contribution in [0, 0.1) is 0 Å². The Kier molecular flexibility index (Phi) is 6.11. The van der Waals surface area contributed by atoms with E-state index in [0.717, 1.165) is 6.20 Å². The van der Waals surface area contributed by atoms with Crippen LogP contribution in [0.3, 0.4) is 0 Å². The number of hydrogen-bond donors (Lipinski definition) is 2. The summed E-state index contributed by atoms with van der Waals surface area (Å²) in [6, 6.07) is -0.335. The van der Waals surface area contributed by atoms with Crippen molar-refractivity contribution in [2.24, 2.45) is 0 Å². The largest absolute Gasteiger partial charge is 0.462 e. The van der Waals surface area contributed by atoms with Crippen LogP contribution in [0.5, 0.6) is 0 Å². The summed E-state index contributed by atoms with van der Waals surface area (Å²) in [6.45, 7) is 3.92. The molecule has 0 aromatic carbocycles. The second-order valence-electron chi connectivity index (χ2n) is 4.14. The van der Waals surface area contributed by atoms with Crippen LogP contribution in [-0.2, 0) is 19.5 Å². The molecule has 114 valence electrons. The monoisotopic (exact) mass is 305 g/mol. The highest BCUT2D eigenvalue weighted by Crippen LogP contribution is 2.14. The molecule has 8 nitrogen and oxygen atoms in total. The van der Waals surface area contributed by atoms with E-state index in [2.05, 4.69) is 14.9 Å². The zero-order valence-electron chi connectivity index (χ0n) is 11.7. The summed E-state index contributed by atoms with van der Waals surface area (Å²) >= 11 is 0. The molecule has 0 aliphatic rings. The van der Waals surface area contributed by atoms with Crippen LogP contribution >= 0.6 is 0 Å². The number of rotatable bonds is 8. The quantitative estimate of drug-likeness (QED) is 0.668. The maximum Gasteiger partial charge on any atom is 0.342 e. The van der Waals surface area contributed by atoms with Gasteiger partial charge in [-0.2, -0.15) is 5.10 Å². The van der Waals surface area contributed by atoms with Gasteiger partial charge in [-0.25, -0.2) is 17.9 Å². The average Bonchev–Trinajstić information content (AvgIpc) is 2.86. The molecule has 0 aliphatic carbocycles. The van der Waals surface area contributed by atoms with Crippen LogP contribution < -0.4 is 4.72 Å². The number of aromatic nitrogens is 2. The van der Waals surface area contributed by atoms with Gasteiger partial charge in [-0.05, 0) is 20.3 Å². The molecule has 2 N–H and O–H groups in total. The molecular formula is C11H19N3O5S. The first-order valence-electron chi connectivity index (χ1n) is 6.14. The second kappa shape index (κ2) is 7.36. The van der Waals surface area contributed by atoms with E-state index in [9.17, 15) is 13.2 Å². The second-order valence-corrected chi connectivity index (χ2v) is 5.79. The fourth-order valence-electron chi connectivity index (χ4n) is 1.51. The molecule has 1 heterocycles. The lowest BCUT2D eigenvalue weighted by atomic mass is 10.3. The Morgan fingerprint density at radius 2 is 2.25 bits per heavy atom. The summed E-state index contributed by atoms with van der Waals surface area (Å²) in [5.74, 6) is -0.730. The van der Waals surface area contributed by atoms with Gasteiger partial charge in [-0.15, -0.1) is 0 Å². The van der Waals surface area contributed by atoms with Crippen molar-refractivity contribution in [1.82, 2.24) is 14.9 Å². The number of nitrogens with zero attached hydrogens (tertiary/aromatic N) is 1. The van der Waals surface area contributed by atoms with Crippen LogP contribution in [0.15, 0.2) is 11.2 Å². The van der Waals surface area contributed by atoms with Crippen LogP contribution in [0.4, 0.5) is 0 Å². The Morgan fingerprint density at radius 1 is 1.55 bits per heavy atom. The fraction of sp³-hybridized carbons (Fsp3) is 0.636. The van der Waals surface area contributed by atoms with Gasteiger partial charge in [0.15, 0.2) is 5.03 Å². The van der Waals surface area contributed by atoms with Crippen LogP contribution in [0.1, 0.15) is 30.6 Å². The topological polar surface area (TPSA) is 110 Å². The molecule has 1 atom stereocenters. The third-order valence-corrected chi connectivity index (χ3v) is 4.04. The molecule has 9 heteroatoms. The van der Waals surface area contributed by atoms with Gasteiger partial charge >= 0.3 is 5.97 Å². The highest BCUT2D eigenvalue weighted by molar-refractivity contribution is 7.89. The number of hydrogen-bond acceptors (Lipinski definition) is 6. The third-order valence-electron chi connectivity index (χ3n) is 2.48. The smallest absolute Gasteiger partial charge is 0.342 e. The molecule has 0 spiro atoms. The van der Waals surface area contributed by atoms with E-state index in [1.165, 1.54) is 7.11 Å². The molecule has 0 aliphatic heterocycles. The fourth-order valence-corrected chi connectivity index (χ4v) is 2.87. The van der Waals surface area contributed by atoms with Gasteiger partial charge in [0.1, 0.15) is 5.56 Å². The van der Waals surface area contributed by atoms with Gasteiger partial charge < -0.3 is 9.47 Å². The summed E-state index contributed by atoms with van der Waals surface area (Å²) in [4.78, 5) is 11.6. The molecule has 20 heavy (non-hydrogen) atoms. The minimum absolute atomic E-state index is 0.113. The molecule has 1 aromatic heterocycles. The lowest BCUT2D eigenvalue weighted by Crippen LogP contribution is -2.34. The van der Waals surface area contributed by atoms with Gasteiger partial charge in [0.05, 0.1) is 12.8 Å². The van der Waals surface area contributed by atoms with Gasteiger partial charge in [0.2, 0.25) is 0 Å². The predicted molar refractivity (Wildman–Crippen MR) is 70.8 cm³/mol. The number of sulfonamides is 1. The molecule has 1 aromatic rings. The molecule has 1 unspecified atom stereocenters. The van der Waals surface area contributed by atoms with E-state index in [0.29, 0.717) is 13.0 Å². The number of ether oxygens (including phenoxy) is 2. The highest BCUT2D eigenvalue weighted by atomic mass is 32.2. The zero-order chi connectivity index (χ0) is 15.2. The van der Waals surface area contributed by atoms with Crippen molar-refractivity contribution in [3.05, 3.63) is 11.8 Å². The summed E-state index contributed by atoms with van der Waals surface area (Å²) in [5.41, 5.74) is -0.113. The Bertz CT molecular complexity index is 540. The lowest BCUT2D eigenvalue weighted by molar-refractivity contribution is 0.0521. The Balaban J connectivity index is 2.88. The maximum atomic E-state index is 12.2. The van der Waals surface area contributed by atoms with Gasteiger partial charge in [0, 0.05) is 19.8 Å². The number of esters is 1. The number of carbonyl (C=O) groups excluding carboxylic acids is 1. The average molecular weight is 305 g/mol. The normalized spacial score (nSPS) is 13.2. The van der Waals surface area contributed by atoms with Crippen molar-refractivity contribution in [1.29, 1.82) is 0 Å². The molecule has 0 bridgehead atoms. The Morgan fingerprint density at radius 3 is 2.85 bits per heavy atom. The van der Waals surface area contributed by atoms with Crippen molar-refractivity contribution in [3.8, 4) is 0 Å². The molecule has 1 rings (SSSR count). The van der Waals surface area contributed by atoms with E-state index in [-0.39, 0.29) is 23.2 Å². The SMILES string of the molecule is CCOC(=O)c1cn[nH]c1S(=O)(=O)NC(C)CCOC. The van der Waals surface area contributed by atoms with E-state index < -0.39 is 16.0 Å². The Labute approximate surface area is 117 Å². The summed E-state index contributed by atoms with van der Waals surface area (Å²) < 4.78 is 36.4. The van der Waals surface area contributed by atoms with Crippen LogP contribution in [0.2, 0.25) is 0 Å². The van der Waals surface area contributed by atoms with E-state index >= 15 is 0 Å². The number of H-pyrrole nitrogens is 1. The maximum absolute atomic E-state index is 12.2. The zero-order valence-corrected chi connectivity index (χ0v) is 12.5. The standard InChI is InChI=1S/C11H19N3O5S/c1-4-19-11(15)9-7-12-13-10(9)20(16,17)14-8(2)5-6-18-3/h7-8,14H,4-6H2,1-3H3,(H,12,13). The van der Waals surface area contributed by atoms with Crippen LogP contribution in [-0.4, -0.2) is 50.9 Å². The Hall–Kier alpha value is -1.45. The predicted octanol–water partition coefficient (Wildman–Crippen LogP) is 0.290. The number of aromatic amines is 1. The number of nitrogens with one attached hydrogen (secondary N) is 2. The van der Waals surface area contributed by atoms with Crippen molar-refractivity contribution >= 4 is 16.0 Å². The van der Waals surface area contributed by atoms with E-state index in [1.54, 1.807) is 13.8 Å². The highest BCUT2D eigenvalue weighted by Gasteiger charge is 2.27.